The Labute approximate surface area is 236 Å². The van der Waals surface area contributed by atoms with Gasteiger partial charge in [-0.3, -0.25) is 4.79 Å². The molecule has 1 N–H and O–H groups in total. The quantitative estimate of drug-likeness (QED) is 0.225. The molecule has 222 valence electrons. The molecule has 0 unspecified atom stereocenters. The first kappa shape index (κ1) is 31.7. The predicted molar refractivity (Wildman–Crippen MR) is 155 cm³/mol. The van der Waals surface area contributed by atoms with Crippen molar-refractivity contribution in [3.05, 3.63) is 40.1 Å². The molecule has 0 aliphatic carbocycles. The van der Waals surface area contributed by atoms with Crippen molar-refractivity contribution in [1.82, 2.24) is 23.9 Å². The molecular weight excluding hydrogens is 534 g/mol. The number of unbranched alkanes of at least 4 members (excludes halogenated alkanes) is 3. The van der Waals surface area contributed by atoms with Gasteiger partial charge in [0.2, 0.25) is 10.0 Å². The van der Waals surface area contributed by atoms with Crippen LogP contribution in [0.25, 0.3) is 16.9 Å². The van der Waals surface area contributed by atoms with Gasteiger partial charge in [-0.15, -0.1) is 5.10 Å². The molecule has 1 aromatic carbocycles. The number of H-pyrrole nitrogens is 1. The first-order valence-electron chi connectivity index (χ1n) is 14.0. The molecule has 0 saturated carbocycles. The average molecular weight is 578 g/mol. The molecule has 2 heterocycles. The lowest BCUT2D eigenvalue weighted by Crippen LogP contribution is -2.34. The number of fused-ring (bicyclic) bond motifs is 1. The highest BCUT2D eigenvalue weighted by molar-refractivity contribution is 7.89. The van der Waals surface area contributed by atoms with E-state index in [0.717, 1.165) is 25.7 Å². The highest BCUT2D eigenvalue weighted by atomic mass is 32.2. The van der Waals surface area contributed by atoms with Crippen LogP contribution in [0.5, 0.6) is 5.75 Å². The number of benzene rings is 1. The van der Waals surface area contributed by atoms with E-state index in [1.54, 1.807) is 31.7 Å². The van der Waals surface area contributed by atoms with Crippen molar-refractivity contribution in [2.24, 2.45) is 0 Å². The van der Waals surface area contributed by atoms with Crippen LogP contribution in [0.2, 0.25) is 0 Å². The molecule has 0 fully saturated rings. The second-order valence-electron chi connectivity index (χ2n) is 9.68. The van der Waals surface area contributed by atoms with Gasteiger partial charge in [0.25, 0.3) is 5.56 Å². The summed E-state index contributed by atoms with van der Waals surface area (Å²) >= 11 is 0. The number of nitrogens with one attached hydrogen (secondary N) is 1. The van der Waals surface area contributed by atoms with Gasteiger partial charge >= 0.3 is 0 Å². The van der Waals surface area contributed by atoms with Gasteiger partial charge in [0.05, 0.1) is 22.8 Å². The van der Waals surface area contributed by atoms with Gasteiger partial charge in [-0.1, -0.05) is 26.2 Å². The fraction of sp³-hybridized carbons (Fsp3) is 0.607. The lowest BCUT2D eigenvalue weighted by molar-refractivity contribution is 0.175. The van der Waals surface area contributed by atoms with Gasteiger partial charge in [-0.05, 0) is 51.3 Å². The van der Waals surface area contributed by atoms with Crippen LogP contribution in [0, 0.1) is 6.92 Å². The van der Waals surface area contributed by atoms with Crippen molar-refractivity contribution in [2.45, 2.75) is 70.6 Å². The Morgan fingerprint density at radius 3 is 2.33 bits per heavy atom. The van der Waals surface area contributed by atoms with Crippen LogP contribution >= 0.6 is 0 Å². The number of nitrogens with zero attached hydrogens (tertiary/aromatic N) is 4. The zero-order valence-electron chi connectivity index (χ0n) is 24.4. The Kier molecular flexibility index (Phi) is 12.1. The summed E-state index contributed by atoms with van der Waals surface area (Å²) in [6.07, 6.45) is 6.07. The standard InChI is InChI=1S/C28H43N5O6S/c1-6-8-9-10-13-25-29-21(3)26-28(34)30-27(31-33(25)26)23-20-22(14-15-24(23)39-7-2)40(35,36)32(16-11-18-37-4)17-12-19-38-5/h14-15,20H,6-13,16-19H2,1-5H3,(H,30,31,34). The Morgan fingerprint density at radius 2 is 1.70 bits per heavy atom. The van der Waals surface area contributed by atoms with E-state index in [-0.39, 0.29) is 16.3 Å². The fourth-order valence-corrected chi connectivity index (χ4v) is 6.18. The second kappa shape index (κ2) is 15.3. The van der Waals surface area contributed by atoms with E-state index in [2.05, 4.69) is 16.9 Å². The van der Waals surface area contributed by atoms with E-state index >= 15 is 0 Å². The van der Waals surface area contributed by atoms with Crippen LogP contribution in [0.3, 0.4) is 0 Å². The number of imidazole rings is 1. The summed E-state index contributed by atoms with van der Waals surface area (Å²) < 4.78 is 46.7. The average Bonchev–Trinajstić information content (AvgIpc) is 3.26. The largest absolute Gasteiger partial charge is 0.493 e. The van der Waals surface area contributed by atoms with Crippen molar-refractivity contribution in [3.8, 4) is 17.1 Å². The van der Waals surface area contributed by atoms with Crippen molar-refractivity contribution in [1.29, 1.82) is 0 Å². The number of aromatic amines is 1. The number of hydrogen-bond donors (Lipinski definition) is 1. The minimum Gasteiger partial charge on any atom is -0.493 e. The molecule has 3 aromatic rings. The maximum atomic E-state index is 13.8. The second-order valence-corrected chi connectivity index (χ2v) is 11.6. The minimum absolute atomic E-state index is 0.0881. The van der Waals surface area contributed by atoms with Crippen molar-refractivity contribution in [2.75, 3.05) is 47.1 Å². The van der Waals surface area contributed by atoms with Gasteiger partial charge in [0, 0.05) is 46.9 Å². The molecule has 0 aliphatic rings. The Hall–Kier alpha value is -2.80. The summed E-state index contributed by atoms with van der Waals surface area (Å²) in [7, 11) is -0.693. The Morgan fingerprint density at radius 1 is 1.00 bits per heavy atom. The van der Waals surface area contributed by atoms with Crippen LogP contribution in [0.4, 0.5) is 0 Å². The molecule has 0 atom stereocenters. The molecular formula is C28H43N5O6S. The molecule has 0 saturated heterocycles. The number of sulfonamides is 1. The van der Waals surface area contributed by atoms with Crippen LogP contribution in [-0.2, 0) is 25.9 Å². The maximum Gasteiger partial charge on any atom is 0.277 e. The number of aryl methyl sites for hydroxylation is 2. The Bertz CT molecular complexity index is 1390. The Balaban J connectivity index is 2.08. The number of ether oxygens (including phenoxy) is 3. The third kappa shape index (κ3) is 7.68. The third-order valence-electron chi connectivity index (χ3n) is 6.65. The third-order valence-corrected chi connectivity index (χ3v) is 8.55. The van der Waals surface area contributed by atoms with Crippen LogP contribution in [0.15, 0.2) is 27.9 Å². The van der Waals surface area contributed by atoms with Gasteiger partial charge < -0.3 is 19.2 Å². The smallest absolute Gasteiger partial charge is 0.277 e. The molecule has 0 amide bonds. The molecule has 0 spiro atoms. The molecule has 40 heavy (non-hydrogen) atoms. The summed E-state index contributed by atoms with van der Waals surface area (Å²) in [5.41, 5.74) is 1.04. The number of methoxy groups -OCH3 is 2. The van der Waals surface area contributed by atoms with Crippen LogP contribution < -0.4 is 10.3 Å². The van der Waals surface area contributed by atoms with E-state index < -0.39 is 10.0 Å². The summed E-state index contributed by atoms with van der Waals surface area (Å²) in [5.74, 6) is 1.35. The van der Waals surface area contributed by atoms with Crippen LogP contribution in [-0.4, -0.2) is 79.4 Å². The highest BCUT2D eigenvalue weighted by Gasteiger charge is 2.26. The summed E-state index contributed by atoms with van der Waals surface area (Å²) in [6.45, 7) is 7.65. The monoisotopic (exact) mass is 577 g/mol. The molecule has 11 nitrogen and oxygen atoms in total. The van der Waals surface area contributed by atoms with E-state index in [0.29, 0.717) is 80.5 Å². The van der Waals surface area contributed by atoms with Gasteiger partial charge in [-0.25, -0.2) is 17.9 Å². The minimum atomic E-state index is -3.87. The fourth-order valence-electron chi connectivity index (χ4n) is 4.64. The maximum absolute atomic E-state index is 13.8. The van der Waals surface area contributed by atoms with Gasteiger partial charge in [-0.2, -0.15) is 4.31 Å². The molecule has 12 heteroatoms. The van der Waals surface area contributed by atoms with Crippen molar-refractivity contribution in [3.63, 3.8) is 0 Å². The van der Waals surface area contributed by atoms with E-state index in [1.807, 2.05) is 6.92 Å². The first-order valence-corrected chi connectivity index (χ1v) is 15.5. The van der Waals surface area contributed by atoms with Crippen molar-refractivity contribution < 1.29 is 22.6 Å². The van der Waals surface area contributed by atoms with E-state index in [9.17, 15) is 13.2 Å². The topological polar surface area (TPSA) is 128 Å². The lowest BCUT2D eigenvalue weighted by atomic mass is 10.1. The van der Waals surface area contributed by atoms with E-state index in [1.165, 1.54) is 16.4 Å². The summed E-state index contributed by atoms with van der Waals surface area (Å²) in [6, 6.07) is 4.67. The molecule has 0 radical (unpaired) electrons. The number of aromatic nitrogens is 4. The highest BCUT2D eigenvalue weighted by Crippen LogP contribution is 2.31. The zero-order chi connectivity index (χ0) is 29.1. The van der Waals surface area contributed by atoms with Gasteiger partial charge in [0.1, 0.15) is 11.6 Å². The predicted octanol–water partition coefficient (Wildman–Crippen LogP) is 3.98. The van der Waals surface area contributed by atoms with E-state index in [4.69, 9.17) is 19.3 Å². The normalized spacial score (nSPS) is 12.1. The molecule has 0 aliphatic heterocycles. The first-order chi connectivity index (χ1) is 19.3. The summed E-state index contributed by atoms with van der Waals surface area (Å²) in [4.78, 5) is 20.7. The summed E-state index contributed by atoms with van der Waals surface area (Å²) in [5, 5.41) is 4.74. The molecule has 3 rings (SSSR count). The van der Waals surface area contributed by atoms with Gasteiger partial charge in [0.15, 0.2) is 11.3 Å². The molecule has 2 aromatic heterocycles. The lowest BCUT2D eigenvalue weighted by Gasteiger charge is -2.23. The van der Waals surface area contributed by atoms with Crippen LogP contribution in [0.1, 0.15) is 63.9 Å². The number of rotatable bonds is 18. The molecule has 0 bridgehead atoms. The number of hydrogen-bond acceptors (Lipinski definition) is 8. The van der Waals surface area contributed by atoms with Crippen molar-refractivity contribution >= 4 is 15.5 Å². The SMILES string of the molecule is CCCCCCc1nc(C)c2c(=O)[nH]c(-c3cc(S(=O)(=O)N(CCCOC)CCCOC)ccc3OCC)nn12. The zero-order valence-corrected chi connectivity index (χ0v) is 25.2.